The van der Waals surface area contributed by atoms with E-state index in [1.807, 2.05) is 37.3 Å². The Morgan fingerprint density at radius 1 is 1.26 bits per heavy atom. The molecule has 0 unspecified atom stereocenters. The summed E-state index contributed by atoms with van der Waals surface area (Å²) in [7, 11) is 0. The van der Waals surface area contributed by atoms with Crippen molar-refractivity contribution in [1.29, 1.82) is 0 Å². The molecule has 0 bridgehead atoms. The van der Waals surface area contributed by atoms with Crippen LogP contribution in [0.1, 0.15) is 69.7 Å². The first-order valence-electron chi connectivity index (χ1n) is 10.5. The fourth-order valence-corrected chi connectivity index (χ4v) is 5.57. The van der Waals surface area contributed by atoms with Crippen molar-refractivity contribution in [3.05, 3.63) is 48.0 Å². The minimum Gasteiger partial charge on any atom is -0.458 e. The number of hydrogen-bond acceptors (Lipinski definition) is 3. The largest absolute Gasteiger partial charge is 0.458 e. The van der Waals surface area contributed by atoms with Gasteiger partial charge in [-0.25, -0.2) is 4.79 Å². The molecule has 0 aliphatic heterocycles. The lowest BCUT2D eigenvalue weighted by atomic mass is 9.62. The topological polar surface area (TPSA) is 46.5 Å². The van der Waals surface area contributed by atoms with Crippen molar-refractivity contribution < 1.29 is 14.6 Å². The maximum Gasteiger partial charge on any atom is 0.338 e. The van der Waals surface area contributed by atoms with E-state index in [1.54, 1.807) is 0 Å². The minimum absolute atomic E-state index is 0.0371. The van der Waals surface area contributed by atoms with E-state index in [4.69, 9.17) is 4.74 Å². The lowest BCUT2D eigenvalue weighted by molar-refractivity contribution is -0.0444. The first kappa shape index (κ1) is 20.1. The molecule has 1 aromatic carbocycles. The lowest BCUT2D eigenvalue weighted by Crippen LogP contribution is -2.43. The molecule has 0 aromatic heterocycles. The lowest BCUT2D eigenvalue weighted by Gasteiger charge is -2.45. The van der Waals surface area contributed by atoms with Crippen LogP contribution in [0.5, 0.6) is 0 Å². The molecule has 3 rings (SSSR count). The molecule has 2 aliphatic carbocycles. The van der Waals surface area contributed by atoms with Crippen molar-refractivity contribution in [2.75, 3.05) is 0 Å². The quantitative estimate of drug-likeness (QED) is 0.539. The van der Waals surface area contributed by atoms with Gasteiger partial charge in [0.05, 0.1) is 11.7 Å². The van der Waals surface area contributed by atoms with Crippen LogP contribution in [0.4, 0.5) is 0 Å². The van der Waals surface area contributed by atoms with E-state index >= 15 is 0 Å². The fraction of sp³-hybridized carbons (Fsp3) is 0.625. The van der Waals surface area contributed by atoms with Crippen LogP contribution in [0.25, 0.3) is 0 Å². The summed E-state index contributed by atoms with van der Waals surface area (Å²) in [6.45, 7) is 6.54. The van der Waals surface area contributed by atoms with Gasteiger partial charge in [0.15, 0.2) is 0 Å². The highest BCUT2D eigenvalue weighted by atomic mass is 16.5. The Kier molecular flexibility index (Phi) is 6.41. The number of aliphatic hydroxyl groups is 1. The van der Waals surface area contributed by atoms with Crippen LogP contribution in [0.3, 0.4) is 0 Å². The number of fused-ring (bicyclic) bond motifs is 1. The zero-order valence-corrected chi connectivity index (χ0v) is 16.9. The van der Waals surface area contributed by atoms with E-state index < -0.39 is 0 Å². The summed E-state index contributed by atoms with van der Waals surface area (Å²) in [5.41, 5.74) is 0.878. The number of rotatable bonds is 6. The zero-order chi connectivity index (χ0) is 19.4. The molecule has 0 saturated heterocycles. The van der Waals surface area contributed by atoms with Crippen molar-refractivity contribution in [3.8, 4) is 0 Å². The van der Waals surface area contributed by atoms with Gasteiger partial charge in [-0.15, -0.1) is 0 Å². The molecular weight excluding hydrogens is 336 g/mol. The average molecular weight is 371 g/mol. The second-order valence-electron chi connectivity index (χ2n) is 8.87. The van der Waals surface area contributed by atoms with E-state index in [0.717, 1.165) is 19.3 Å². The van der Waals surface area contributed by atoms with Crippen molar-refractivity contribution in [2.24, 2.45) is 23.2 Å². The highest BCUT2D eigenvalue weighted by Gasteiger charge is 2.53. The molecule has 2 saturated carbocycles. The van der Waals surface area contributed by atoms with Gasteiger partial charge in [-0.3, -0.25) is 0 Å². The highest BCUT2D eigenvalue weighted by molar-refractivity contribution is 5.89. The summed E-state index contributed by atoms with van der Waals surface area (Å²) >= 11 is 0. The number of esters is 1. The molecule has 3 nitrogen and oxygen atoms in total. The smallest absolute Gasteiger partial charge is 0.338 e. The Hall–Kier alpha value is -1.61. The molecule has 0 spiro atoms. The summed E-state index contributed by atoms with van der Waals surface area (Å²) in [6.07, 6.45) is 10.5. The Morgan fingerprint density at radius 3 is 2.70 bits per heavy atom. The predicted molar refractivity (Wildman–Crippen MR) is 108 cm³/mol. The Morgan fingerprint density at radius 2 is 2.00 bits per heavy atom. The molecule has 148 valence electrons. The summed E-state index contributed by atoms with van der Waals surface area (Å²) < 4.78 is 6.01. The van der Waals surface area contributed by atoms with Crippen molar-refractivity contribution in [3.63, 3.8) is 0 Å². The number of hydrogen-bond donors (Lipinski definition) is 1. The Labute approximate surface area is 163 Å². The monoisotopic (exact) mass is 370 g/mol. The second kappa shape index (κ2) is 8.60. The highest BCUT2D eigenvalue weighted by Crippen LogP contribution is 2.58. The third-order valence-electron chi connectivity index (χ3n) is 6.96. The number of carbonyl (C=O) groups is 1. The van der Waals surface area contributed by atoms with E-state index in [1.165, 1.54) is 12.8 Å². The molecule has 2 fully saturated rings. The molecule has 1 N–H and O–H groups in total. The maximum absolute atomic E-state index is 12.6. The first-order valence-corrected chi connectivity index (χ1v) is 10.5. The van der Waals surface area contributed by atoms with Crippen molar-refractivity contribution >= 4 is 5.97 Å². The van der Waals surface area contributed by atoms with Crippen LogP contribution < -0.4 is 0 Å². The molecule has 3 heteroatoms. The molecule has 2 aliphatic rings. The maximum atomic E-state index is 12.6. The van der Waals surface area contributed by atoms with Crippen molar-refractivity contribution in [2.45, 2.75) is 71.5 Å². The normalized spacial score (nSPS) is 32.8. The Balaban J connectivity index is 1.68. The van der Waals surface area contributed by atoms with Gasteiger partial charge in [0.1, 0.15) is 6.10 Å². The standard InChI is InChI=1S/C24H34O3/c1-17(9-7-10-18(2)25)20-14-15-21-22(13-8-16-24(20,21)3)27-23(26)19-11-5-4-6-12-19/h4-7,9,11-12,17-18,20-22,25H,8,10,13-16H2,1-3H3/t17-,18-,20+,21-,22-,24+/m0/s1. The van der Waals surface area contributed by atoms with Gasteiger partial charge in [-0.2, -0.15) is 0 Å². The van der Waals surface area contributed by atoms with Crippen LogP contribution in [-0.2, 0) is 4.74 Å². The van der Waals surface area contributed by atoms with Gasteiger partial charge >= 0.3 is 5.97 Å². The number of ether oxygens (including phenoxy) is 1. The summed E-state index contributed by atoms with van der Waals surface area (Å²) in [5.74, 6) is 1.38. The van der Waals surface area contributed by atoms with Gasteiger partial charge in [-0.05, 0) is 74.8 Å². The average Bonchev–Trinajstić information content (AvgIpc) is 3.00. The third kappa shape index (κ3) is 4.45. The molecule has 0 radical (unpaired) electrons. The fourth-order valence-electron chi connectivity index (χ4n) is 5.57. The summed E-state index contributed by atoms with van der Waals surface area (Å²) in [5, 5.41) is 9.48. The summed E-state index contributed by atoms with van der Waals surface area (Å²) in [4.78, 5) is 12.6. The van der Waals surface area contributed by atoms with Crippen molar-refractivity contribution in [1.82, 2.24) is 0 Å². The predicted octanol–water partition coefficient (Wildman–Crippen LogP) is 5.39. The van der Waals surface area contributed by atoms with Gasteiger partial charge in [0, 0.05) is 5.92 Å². The van der Waals surface area contributed by atoms with Crippen LogP contribution in [-0.4, -0.2) is 23.3 Å². The first-order chi connectivity index (χ1) is 12.9. The van der Waals surface area contributed by atoms with E-state index in [9.17, 15) is 9.90 Å². The summed E-state index contributed by atoms with van der Waals surface area (Å²) in [6, 6.07) is 9.35. The molecule has 6 atom stereocenters. The van der Waals surface area contributed by atoms with Gasteiger partial charge in [-0.1, -0.05) is 44.2 Å². The number of benzene rings is 1. The number of carbonyl (C=O) groups excluding carboxylic acids is 1. The van der Waals surface area contributed by atoms with E-state index in [2.05, 4.69) is 26.0 Å². The van der Waals surface area contributed by atoms with Gasteiger partial charge < -0.3 is 9.84 Å². The van der Waals surface area contributed by atoms with Gasteiger partial charge in [0.25, 0.3) is 0 Å². The Bertz CT molecular complexity index is 651. The number of aliphatic hydroxyl groups excluding tert-OH is 1. The third-order valence-corrected chi connectivity index (χ3v) is 6.96. The van der Waals surface area contributed by atoms with Crippen LogP contribution in [0.2, 0.25) is 0 Å². The van der Waals surface area contributed by atoms with E-state index in [0.29, 0.717) is 29.7 Å². The van der Waals surface area contributed by atoms with E-state index in [-0.39, 0.29) is 23.6 Å². The van der Waals surface area contributed by atoms with Gasteiger partial charge in [0.2, 0.25) is 0 Å². The molecule has 27 heavy (non-hydrogen) atoms. The zero-order valence-electron chi connectivity index (χ0n) is 16.9. The molecule has 0 amide bonds. The van der Waals surface area contributed by atoms with Crippen LogP contribution >= 0.6 is 0 Å². The van der Waals surface area contributed by atoms with Crippen LogP contribution in [0, 0.1) is 23.2 Å². The van der Waals surface area contributed by atoms with Crippen LogP contribution in [0.15, 0.2) is 42.5 Å². The SMILES string of the molecule is C[C@H](O)CC=C[C@H](C)[C@H]1CC[C@H]2[C@@H](OC(=O)c3ccccc3)CCC[C@]12C. The number of allylic oxidation sites excluding steroid dienone is 1. The molecule has 1 aromatic rings. The minimum atomic E-state index is -0.281. The molecular formula is C24H34O3. The molecule has 0 heterocycles. The second-order valence-corrected chi connectivity index (χ2v) is 8.87.